The number of carbonyl (C=O) groups excluding carboxylic acids is 1. The number of amides is 1. The van der Waals surface area contributed by atoms with Crippen molar-refractivity contribution in [3.8, 4) is 11.1 Å². The summed E-state index contributed by atoms with van der Waals surface area (Å²) in [6.45, 7) is 0.271. The van der Waals surface area contributed by atoms with E-state index in [2.05, 4.69) is 0 Å². The van der Waals surface area contributed by atoms with Crippen LogP contribution < -0.4 is 5.48 Å². The molecule has 2 aromatic carbocycles. The molecular formula is C20H22ClFN2O4S. The molecule has 6 nitrogen and oxygen atoms in total. The number of hydrogen-bond donors (Lipinski definition) is 2. The smallest absolute Gasteiger partial charge is 0.250 e. The molecule has 2 aromatic rings. The summed E-state index contributed by atoms with van der Waals surface area (Å²) in [6, 6.07) is 11.8. The molecule has 0 spiro atoms. The number of nitrogens with one attached hydrogen (secondary N) is 1. The van der Waals surface area contributed by atoms with E-state index in [0.29, 0.717) is 35.4 Å². The third kappa shape index (κ3) is 4.78. The summed E-state index contributed by atoms with van der Waals surface area (Å²) >= 11 is 5.79. The van der Waals surface area contributed by atoms with Gasteiger partial charge >= 0.3 is 0 Å². The Morgan fingerprint density at radius 3 is 2.52 bits per heavy atom. The molecule has 9 heteroatoms. The van der Waals surface area contributed by atoms with Crippen LogP contribution in [0.25, 0.3) is 11.1 Å². The number of rotatable bonds is 6. The van der Waals surface area contributed by atoms with E-state index in [1.54, 1.807) is 29.7 Å². The maximum atomic E-state index is 14.1. The highest BCUT2D eigenvalue weighted by Crippen LogP contribution is 2.37. The zero-order valence-corrected chi connectivity index (χ0v) is 17.4. The first-order chi connectivity index (χ1) is 13.6. The molecule has 1 atom stereocenters. The lowest BCUT2D eigenvalue weighted by Gasteiger charge is -2.26. The molecule has 1 amide bonds. The van der Waals surface area contributed by atoms with Crippen molar-refractivity contribution in [3.05, 3.63) is 58.9 Å². The standard InChI is InChI=1S/C20H22ClFN2O4S/c1-29(27,28)24-11-10-20(13-24,19(25)23-26)9-8-14-2-4-15(5-3-14)17-7-6-16(21)12-18(17)22/h2-7,12,26H,8-11,13H2,1H3,(H,23,25). The van der Waals surface area contributed by atoms with E-state index in [4.69, 9.17) is 16.8 Å². The van der Waals surface area contributed by atoms with Gasteiger partial charge < -0.3 is 0 Å². The van der Waals surface area contributed by atoms with Crippen molar-refractivity contribution >= 4 is 27.5 Å². The van der Waals surface area contributed by atoms with Crippen molar-refractivity contribution in [1.82, 2.24) is 9.79 Å². The Balaban J connectivity index is 1.74. The number of sulfonamides is 1. The van der Waals surface area contributed by atoms with Gasteiger partial charge in [0.15, 0.2) is 0 Å². The fourth-order valence-corrected chi connectivity index (χ4v) is 4.76. The predicted octanol–water partition coefficient (Wildman–Crippen LogP) is 3.24. The van der Waals surface area contributed by atoms with Crippen molar-refractivity contribution in [1.29, 1.82) is 0 Å². The lowest BCUT2D eigenvalue weighted by molar-refractivity contribution is -0.139. The first kappa shape index (κ1) is 21.7. The van der Waals surface area contributed by atoms with Gasteiger partial charge in [0.1, 0.15) is 5.82 Å². The highest BCUT2D eigenvalue weighted by molar-refractivity contribution is 7.88. The minimum absolute atomic E-state index is 0.0340. The topological polar surface area (TPSA) is 86.7 Å². The average Bonchev–Trinajstić information content (AvgIpc) is 3.13. The summed E-state index contributed by atoms with van der Waals surface area (Å²) in [6.07, 6.45) is 2.32. The average molecular weight is 441 g/mol. The maximum Gasteiger partial charge on any atom is 0.250 e. The monoisotopic (exact) mass is 440 g/mol. The lowest BCUT2D eigenvalue weighted by Crippen LogP contribution is -2.43. The van der Waals surface area contributed by atoms with Crippen LogP contribution in [-0.4, -0.2) is 43.2 Å². The largest absolute Gasteiger partial charge is 0.289 e. The van der Waals surface area contributed by atoms with Crippen molar-refractivity contribution in [2.75, 3.05) is 19.3 Å². The number of nitrogens with zero attached hydrogens (tertiary/aromatic N) is 1. The second kappa shape index (κ2) is 8.39. The number of hydroxylamine groups is 1. The molecule has 1 aliphatic heterocycles. The Bertz CT molecular complexity index is 1010. The van der Waals surface area contributed by atoms with Gasteiger partial charge in [0.05, 0.1) is 11.7 Å². The minimum Gasteiger partial charge on any atom is -0.289 e. The van der Waals surface area contributed by atoms with E-state index >= 15 is 0 Å². The summed E-state index contributed by atoms with van der Waals surface area (Å²) in [5, 5.41) is 9.47. The second-order valence-corrected chi connectivity index (χ2v) is 9.81. The van der Waals surface area contributed by atoms with Gasteiger partial charge in [0.2, 0.25) is 10.0 Å². The number of hydrogen-bond acceptors (Lipinski definition) is 4. The SMILES string of the molecule is CS(=O)(=O)N1CCC(CCc2ccc(-c3ccc(Cl)cc3F)cc2)(C(=O)NO)C1. The molecule has 0 aliphatic carbocycles. The molecule has 0 radical (unpaired) electrons. The van der Waals surface area contributed by atoms with Crippen molar-refractivity contribution in [3.63, 3.8) is 0 Å². The summed E-state index contributed by atoms with van der Waals surface area (Å²) in [5.41, 5.74) is 2.76. The van der Waals surface area contributed by atoms with Crippen LogP contribution in [0, 0.1) is 11.2 Å². The van der Waals surface area contributed by atoms with Gasteiger partial charge in [-0.25, -0.2) is 22.6 Å². The van der Waals surface area contributed by atoms with Crippen LogP contribution in [0.15, 0.2) is 42.5 Å². The summed E-state index contributed by atoms with van der Waals surface area (Å²) < 4.78 is 39.0. The zero-order chi connectivity index (χ0) is 21.2. The number of benzene rings is 2. The van der Waals surface area contributed by atoms with E-state index in [-0.39, 0.29) is 13.1 Å². The second-order valence-electron chi connectivity index (χ2n) is 7.39. The Morgan fingerprint density at radius 2 is 1.97 bits per heavy atom. The van der Waals surface area contributed by atoms with Crippen LogP contribution in [0.3, 0.4) is 0 Å². The van der Waals surface area contributed by atoms with Gasteiger partial charge in [0, 0.05) is 23.7 Å². The van der Waals surface area contributed by atoms with Crippen molar-refractivity contribution in [2.45, 2.75) is 19.3 Å². The first-order valence-electron chi connectivity index (χ1n) is 9.09. The quantitative estimate of drug-likeness (QED) is 0.533. The Morgan fingerprint density at radius 1 is 1.28 bits per heavy atom. The number of carbonyl (C=O) groups is 1. The van der Waals surface area contributed by atoms with E-state index in [0.717, 1.165) is 11.8 Å². The van der Waals surface area contributed by atoms with E-state index in [9.17, 15) is 17.6 Å². The fourth-order valence-electron chi connectivity index (χ4n) is 3.70. The van der Waals surface area contributed by atoms with E-state index in [1.807, 2.05) is 12.1 Å². The van der Waals surface area contributed by atoms with Crippen LogP contribution in [0.2, 0.25) is 5.02 Å². The van der Waals surface area contributed by atoms with Crippen LogP contribution in [0.1, 0.15) is 18.4 Å². The van der Waals surface area contributed by atoms with Crippen LogP contribution in [0.4, 0.5) is 4.39 Å². The molecular weight excluding hydrogens is 419 g/mol. The molecule has 3 rings (SSSR count). The highest BCUT2D eigenvalue weighted by Gasteiger charge is 2.46. The number of aryl methyl sites for hydroxylation is 1. The third-order valence-corrected chi connectivity index (χ3v) is 6.94. The van der Waals surface area contributed by atoms with E-state index < -0.39 is 27.2 Å². The number of halogens is 2. The lowest BCUT2D eigenvalue weighted by atomic mass is 9.80. The predicted molar refractivity (Wildman–Crippen MR) is 109 cm³/mol. The Labute approximate surface area is 174 Å². The molecule has 0 aromatic heterocycles. The molecule has 2 N–H and O–H groups in total. The van der Waals surface area contributed by atoms with Gasteiger partial charge in [-0.15, -0.1) is 0 Å². The van der Waals surface area contributed by atoms with E-state index in [1.165, 1.54) is 10.4 Å². The first-order valence-corrected chi connectivity index (χ1v) is 11.3. The van der Waals surface area contributed by atoms with Gasteiger partial charge in [-0.1, -0.05) is 35.9 Å². The van der Waals surface area contributed by atoms with Gasteiger partial charge in [-0.2, -0.15) is 0 Å². The summed E-state index contributed by atoms with van der Waals surface area (Å²) in [5.74, 6) is -0.987. The molecule has 156 valence electrons. The molecule has 1 unspecified atom stereocenters. The Hall–Kier alpha value is -2.00. The van der Waals surface area contributed by atoms with Gasteiger partial charge in [-0.3, -0.25) is 10.0 Å². The summed E-state index contributed by atoms with van der Waals surface area (Å²) in [7, 11) is -3.41. The Kier molecular flexibility index (Phi) is 6.28. The fraction of sp³-hybridized carbons (Fsp3) is 0.350. The zero-order valence-electron chi connectivity index (χ0n) is 15.9. The molecule has 1 saturated heterocycles. The normalized spacial score (nSPS) is 20.0. The van der Waals surface area contributed by atoms with Crippen LogP contribution >= 0.6 is 11.6 Å². The van der Waals surface area contributed by atoms with Crippen LogP contribution in [0.5, 0.6) is 0 Å². The molecule has 1 heterocycles. The molecule has 0 bridgehead atoms. The van der Waals surface area contributed by atoms with Gasteiger partial charge in [0.25, 0.3) is 5.91 Å². The molecule has 1 aliphatic rings. The van der Waals surface area contributed by atoms with Crippen molar-refractivity contribution in [2.24, 2.45) is 5.41 Å². The highest BCUT2D eigenvalue weighted by atomic mass is 35.5. The molecule has 0 saturated carbocycles. The van der Waals surface area contributed by atoms with Crippen molar-refractivity contribution < 1.29 is 22.8 Å². The third-order valence-electron chi connectivity index (χ3n) is 5.46. The van der Waals surface area contributed by atoms with Gasteiger partial charge in [-0.05, 0) is 48.6 Å². The molecule has 1 fully saturated rings. The van der Waals surface area contributed by atoms with Crippen LogP contribution in [-0.2, 0) is 21.2 Å². The minimum atomic E-state index is -3.41. The molecule has 29 heavy (non-hydrogen) atoms. The summed E-state index contributed by atoms with van der Waals surface area (Å²) in [4.78, 5) is 12.3. The maximum absolute atomic E-state index is 14.1.